The van der Waals surface area contributed by atoms with E-state index < -0.39 is 0 Å². The van der Waals surface area contributed by atoms with Gasteiger partial charge in [-0.1, -0.05) is 18.2 Å². The summed E-state index contributed by atoms with van der Waals surface area (Å²) in [5.41, 5.74) is 5.62. The number of aromatic nitrogens is 2. The van der Waals surface area contributed by atoms with Crippen LogP contribution in [0, 0.1) is 6.92 Å². The van der Waals surface area contributed by atoms with Crippen LogP contribution < -0.4 is 4.90 Å². The average molecular weight is 413 g/mol. The third-order valence-electron chi connectivity index (χ3n) is 6.12. The molecule has 3 aromatic rings. The predicted octanol–water partition coefficient (Wildman–Crippen LogP) is 4.95. The van der Waals surface area contributed by atoms with E-state index in [1.165, 1.54) is 58.2 Å². The second kappa shape index (κ2) is 7.29. The molecule has 0 radical (unpaired) electrons. The fraction of sp³-hybridized carbons (Fsp3) is 0.455. The molecule has 1 aliphatic carbocycles. The van der Waals surface area contributed by atoms with Crippen molar-refractivity contribution >= 4 is 39.0 Å². The van der Waals surface area contributed by atoms with Gasteiger partial charge in [-0.25, -0.2) is 4.98 Å². The van der Waals surface area contributed by atoms with Gasteiger partial charge in [-0.2, -0.15) is 4.98 Å². The zero-order chi connectivity index (χ0) is 19.3. The first kappa shape index (κ1) is 18.3. The molecule has 0 unspecified atom stereocenters. The van der Waals surface area contributed by atoms with Gasteiger partial charge in [-0.3, -0.25) is 0 Å². The molecule has 0 amide bonds. The molecule has 1 saturated heterocycles. The summed E-state index contributed by atoms with van der Waals surface area (Å²) in [6.07, 6.45) is 5.01. The molecule has 0 spiro atoms. The van der Waals surface area contributed by atoms with Crippen LogP contribution in [-0.4, -0.2) is 48.1 Å². The molecular formula is C22H25ClN4S. The Morgan fingerprint density at radius 3 is 2.54 bits per heavy atom. The molecule has 0 bridgehead atoms. The maximum Gasteiger partial charge on any atom is 0.225 e. The molecule has 1 fully saturated rings. The summed E-state index contributed by atoms with van der Waals surface area (Å²) in [4.78, 5) is 16.3. The number of nitrogens with zero attached hydrogens (tertiary/aromatic N) is 4. The number of piperazine rings is 1. The minimum Gasteiger partial charge on any atom is -0.353 e. The van der Waals surface area contributed by atoms with Crippen molar-refractivity contribution in [1.82, 2.24) is 14.9 Å². The summed E-state index contributed by atoms with van der Waals surface area (Å²) in [6, 6.07) is 7.03. The molecule has 2 aliphatic rings. The highest BCUT2D eigenvalue weighted by Gasteiger charge is 2.24. The number of likely N-dealkylation sites (N-methyl/N-ethyl adjacent to an activating group) is 1. The van der Waals surface area contributed by atoms with Crippen LogP contribution in [0.4, 0.5) is 5.82 Å². The van der Waals surface area contributed by atoms with Crippen LogP contribution in [0.25, 0.3) is 21.3 Å². The number of anilines is 1. The van der Waals surface area contributed by atoms with Gasteiger partial charge < -0.3 is 9.80 Å². The highest BCUT2D eigenvalue weighted by atomic mass is 35.5. The van der Waals surface area contributed by atoms with Crippen LogP contribution >= 0.6 is 22.9 Å². The standard InChI is InChI=1S/C22H25ClN4S/c1-14-18(17-8-7-15-5-3-4-6-16(15)13-17)19-20(24-22(23)25-21(19)28-14)27-11-9-26(2)10-12-27/h7-8,13H,3-6,9-12H2,1-2H3. The molecule has 0 N–H and O–H groups in total. The van der Waals surface area contributed by atoms with Gasteiger partial charge in [0.2, 0.25) is 5.28 Å². The van der Waals surface area contributed by atoms with Crippen molar-refractivity contribution in [3.63, 3.8) is 0 Å². The number of aryl methyl sites for hydroxylation is 3. The van der Waals surface area contributed by atoms with Crippen molar-refractivity contribution in [2.24, 2.45) is 0 Å². The molecule has 5 rings (SSSR count). The van der Waals surface area contributed by atoms with Crippen LogP contribution in [0.3, 0.4) is 0 Å². The second-order valence-electron chi connectivity index (χ2n) is 8.01. The Bertz CT molecular complexity index is 1040. The highest BCUT2D eigenvalue weighted by molar-refractivity contribution is 7.19. The molecule has 1 aliphatic heterocycles. The second-order valence-corrected chi connectivity index (χ2v) is 9.55. The Kier molecular flexibility index (Phi) is 4.77. The van der Waals surface area contributed by atoms with Gasteiger partial charge in [-0.15, -0.1) is 11.3 Å². The Morgan fingerprint density at radius 1 is 1.00 bits per heavy atom. The van der Waals surface area contributed by atoms with Gasteiger partial charge in [0.1, 0.15) is 10.6 Å². The monoisotopic (exact) mass is 412 g/mol. The SMILES string of the molecule is Cc1sc2nc(Cl)nc(N3CCN(C)CC3)c2c1-c1ccc2c(c1)CCCC2. The molecule has 6 heteroatoms. The third kappa shape index (κ3) is 3.19. The summed E-state index contributed by atoms with van der Waals surface area (Å²) in [7, 11) is 2.17. The van der Waals surface area contributed by atoms with E-state index in [-0.39, 0.29) is 0 Å². The van der Waals surface area contributed by atoms with E-state index >= 15 is 0 Å². The first-order valence-corrected chi connectivity index (χ1v) is 11.3. The van der Waals surface area contributed by atoms with Crippen molar-refractivity contribution in [1.29, 1.82) is 0 Å². The largest absolute Gasteiger partial charge is 0.353 e. The quantitative estimate of drug-likeness (QED) is 0.557. The Labute approximate surface area is 175 Å². The topological polar surface area (TPSA) is 32.3 Å². The average Bonchev–Trinajstić information content (AvgIpc) is 3.03. The lowest BCUT2D eigenvalue weighted by Gasteiger charge is -2.33. The summed E-state index contributed by atoms with van der Waals surface area (Å²) in [5.74, 6) is 1.00. The number of hydrogen-bond donors (Lipinski definition) is 0. The van der Waals surface area contributed by atoms with Gasteiger partial charge in [0.25, 0.3) is 0 Å². The van der Waals surface area contributed by atoms with E-state index in [2.05, 4.69) is 47.0 Å². The van der Waals surface area contributed by atoms with E-state index in [1.807, 2.05) is 0 Å². The van der Waals surface area contributed by atoms with Crippen molar-refractivity contribution in [3.05, 3.63) is 39.5 Å². The van der Waals surface area contributed by atoms with E-state index in [0.717, 1.165) is 36.8 Å². The Hall–Kier alpha value is -1.69. The third-order valence-corrected chi connectivity index (χ3v) is 7.29. The van der Waals surface area contributed by atoms with Crippen LogP contribution in [0.5, 0.6) is 0 Å². The molecule has 4 nitrogen and oxygen atoms in total. The highest BCUT2D eigenvalue weighted by Crippen LogP contribution is 2.43. The number of thiophene rings is 1. The summed E-state index contributed by atoms with van der Waals surface area (Å²) >= 11 is 8.05. The van der Waals surface area contributed by atoms with Gasteiger partial charge in [0.15, 0.2) is 0 Å². The Balaban J connectivity index is 1.68. The van der Waals surface area contributed by atoms with Crippen LogP contribution in [0.2, 0.25) is 5.28 Å². The lowest BCUT2D eigenvalue weighted by atomic mass is 9.89. The van der Waals surface area contributed by atoms with Crippen molar-refractivity contribution < 1.29 is 0 Å². The molecule has 0 saturated carbocycles. The molecule has 0 atom stereocenters. The fourth-order valence-electron chi connectivity index (χ4n) is 4.55. The minimum absolute atomic E-state index is 0.347. The normalized spacial score (nSPS) is 17.9. The van der Waals surface area contributed by atoms with Crippen LogP contribution in [0.15, 0.2) is 18.2 Å². The summed E-state index contributed by atoms with van der Waals surface area (Å²) in [6.45, 7) is 6.22. The first-order valence-electron chi connectivity index (χ1n) is 10.1. The van der Waals surface area contributed by atoms with Crippen molar-refractivity contribution in [3.8, 4) is 11.1 Å². The lowest BCUT2D eigenvalue weighted by molar-refractivity contribution is 0.312. The van der Waals surface area contributed by atoms with E-state index in [1.54, 1.807) is 11.3 Å². The number of rotatable bonds is 2. The van der Waals surface area contributed by atoms with E-state index in [9.17, 15) is 0 Å². The summed E-state index contributed by atoms with van der Waals surface area (Å²) < 4.78 is 0. The molecule has 3 heterocycles. The smallest absolute Gasteiger partial charge is 0.225 e. The van der Waals surface area contributed by atoms with Crippen LogP contribution in [-0.2, 0) is 12.8 Å². The minimum atomic E-state index is 0.347. The lowest BCUT2D eigenvalue weighted by Crippen LogP contribution is -2.44. The zero-order valence-corrected chi connectivity index (χ0v) is 18.0. The zero-order valence-electron chi connectivity index (χ0n) is 16.5. The van der Waals surface area contributed by atoms with Crippen LogP contribution in [0.1, 0.15) is 28.8 Å². The number of hydrogen-bond acceptors (Lipinski definition) is 5. The number of halogens is 1. The molecule has 28 heavy (non-hydrogen) atoms. The maximum atomic E-state index is 6.32. The Morgan fingerprint density at radius 2 is 1.75 bits per heavy atom. The van der Waals surface area contributed by atoms with E-state index in [4.69, 9.17) is 16.6 Å². The van der Waals surface area contributed by atoms with E-state index in [0.29, 0.717) is 5.28 Å². The maximum absolute atomic E-state index is 6.32. The molecule has 2 aromatic heterocycles. The van der Waals surface area contributed by atoms with Gasteiger partial charge in [0, 0.05) is 36.6 Å². The number of fused-ring (bicyclic) bond motifs is 2. The van der Waals surface area contributed by atoms with Crippen molar-refractivity contribution in [2.75, 3.05) is 38.1 Å². The van der Waals surface area contributed by atoms with Gasteiger partial charge in [-0.05, 0) is 67.9 Å². The molecule has 1 aromatic carbocycles. The van der Waals surface area contributed by atoms with Gasteiger partial charge >= 0.3 is 0 Å². The number of benzene rings is 1. The van der Waals surface area contributed by atoms with Crippen molar-refractivity contribution in [2.45, 2.75) is 32.6 Å². The first-order chi connectivity index (χ1) is 13.6. The summed E-state index contributed by atoms with van der Waals surface area (Å²) in [5, 5.41) is 1.52. The predicted molar refractivity (Wildman–Crippen MR) is 119 cm³/mol. The van der Waals surface area contributed by atoms with Gasteiger partial charge in [0.05, 0.1) is 5.39 Å². The molecule has 146 valence electrons. The molecular weight excluding hydrogens is 388 g/mol. The fourth-order valence-corrected chi connectivity index (χ4v) is 5.81.